The van der Waals surface area contributed by atoms with Crippen molar-refractivity contribution in [1.29, 1.82) is 0 Å². The van der Waals surface area contributed by atoms with E-state index in [0.29, 0.717) is 28.8 Å². The van der Waals surface area contributed by atoms with Crippen LogP contribution in [-0.4, -0.2) is 35.4 Å². The largest absolute Gasteiger partial charge is 0.497 e. The zero-order valence-electron chi connectivity index (χ0n) is 18.1. The number of aromatic nitrogens is 2. The number of methoxy groups -OCH3 is 2. The van der Waals surface area contributed by atoms with Gasteiger partial charge in [0.2, 0.25) is 5.91 Å². The average molecular weight is 456 g/mol. The van der Waals surface area contributed by atoms with Gasteiger partial charge in [0.05, 0.1) is 38.5 Å². The minimum atomic E-state index is -0.318. The second-order valence-corrected chi connectivity index (χ2v) is 8.36. The molecule has 8 nitrogen and oxygen atoms in total. The summed E-state index contributed by atoms with van der Waals surface area (Å²) in [6.07, 6.45) is 5.32. The lowest BCUT2D eigenvalue weighted by molar-refractivity contribution is -0.113. The Morgan fingerprint density at radius 2 is 2.06 bits per heavy atom. The Bertz CT molecular complexity index is 1160. The predicted octanol–water partition coefficient (Wildman–Crippen LogP) is 3.51. The third-order valence-corrected chi connectivity index (χ3v) is 6.39. The number of nitrogens with zero attached hydrogens (tertiary/aromatic N) is 2. The van der Waals surface area contributed by atoms with E-state index in [9.17, 15) is 9.59 Å². The van der Waals surface area contributed by atoms with E-state index < -0.39 is 0 Å². The normalized spacial score (nSPS) is 12.8. The standard InChI is InChI=1S/C23H25N3O5S/c1-29-15-9-10-18(20(12-15)30-2)24-21(27)14-32-22-17-7-3-4-8-19(17)26(23(28)25-22)13-16-6-5-11-31-16/h5-6,9-12H,3-4,7-8,13-14H2,1-2H3,(H,24,27). The first-order valence-corrected chi connectivity index (χ1v) is 11.4. The van der Waals surface area contributed by atoms with Crippen molar-refractivity contribution in [3.63, 3.8) is 0 Å². The van der Waals surface area contributed by atoms with Crippen LogP contribution in [0.5, 0.6) is 11.5 Å². The van der Waals surface area contributed by atoms with Crippen LogP contribution >= 0.6 is 11.8 Å². The Morgan fingerprint density at radius 1 is 1.22 bits per heavy atom. The molecule has 0 saturated heterocycles. The third-order valence-electron chi connectivity index (χ3n) is 5.37. The molecule has 1 aliphatic rings. The van der Waals surface area contributed by atoms with Gasteiger partial charge in [-0.05, 0) is 49.9 Å². The Labute approximate surface area is 189 Å². The zero-order valence-corrected chi connectivity index (χ0v) is 18.9. The van der Waals surface area contributed by atoms with Crippen LogP contribution in [0.3, 0.4) is 0 Å². The number of rotatable bonds is 8. The number of carbonyl (C=O) groups excluding carboxylic acids is 1. The van der Waals surface area contributed by atoms with Crippen LogP contribution in [0.2, 0.25) is 0 Å². The van der Waals surface area contributed by atoms with Gasteiger partial charge < -0.3 is 19.2 Å². The number of fused-ring (bicyclic) bond motifs is 1. The molecule has 0 unspecified atom stereocenters. The zero-order chi connectivity index (χ0) is 22.5. The second-order valence-electron chi connectivity index (χ2n) is 7.40. The molecule has 0 saturated carbocycles. The summed E-state index contributed by atoms with van der Waals surface area (Å²) in [5, 5.41) is 3.49. The molecule has 3 aromatic rings. The topological polar surface area (TPSA) is 95.6 Å². The molecule has 0 fully saturated rings. The molecule has 1 amide bonds. The molecule has 1 aromatic carbocycles. The second kappa shape index (κ2) is 9.95. The number of hydrogen-bond acceptors (Lipinski definition) is 7. The number of amides is 1. The van der Waals surface area contributed by atoms with Gasteiger partial charge in [0.25, 0.3) is 0 Å². The van der Waals surface area contributed by atoms with E-state index in [-0.39, 0.29) is 17.3 Å². The van der Waals surface area contributed by atoms with Gasteiger partial charge >= 0.3 is 5.69 Å². The highest BCUT2D eigenvalue weighted by molar-refractivity contribution is 8.00. The summed E-state index contributed by atoms with van der Waals surface area (Å²) >= 11 is 1.29. The smallest absolute Gasteiger partial charge is 0.349 e. The summed E-state index contributed by atoms with van der Waals surface area (Å²) < 4.78 is 17.6. The quantitative estimate of drug-likeness (QED) is 0.410. The molecule has 2 heterocycles. The highest BCUT2D eigenvalue weighted by Gasteiger charge is 2.22. The summed E-state index contributed by atoms with van der Waals surface area (Å²) in [6, 6.07) is 8.85. The minimum absolute atomic E-state index is 0.135. The van der Waals surface area contributed by atoms with Crippen molar-refractivity contribution in [1.82, 2.24) is 9.55 Å². The summed E-state index contributed by atoms with van der Waals surface area (Å²) in [5.41, 5.74) is 2.29. The van der Waals surface area contributed by atoms with Crippen molar-refractivity contribution in [2.24, 2.45) is 0 Å². The van der Waals surface area contributed by atoms with E-state index in [0.717, 1.165) is 42.7 Å². The molecule has 1 aliphatic carbocycles. The third kappa shape index (κ3) is 4.83. The van der Waals surface area contributed by atoms with Gasteiger partial charge in [0, 0.05) is 17.3 Å². The molecule has 0 aliphatic heterocycles. The van der Waals surface area contributed by atoms with Crippen LogP contribution in [0.25, 0.3) is 0 Å². The Balaban J connectivity index is 1.50. The van der Waals surface area contributed by atoms with E-state index in [1.54, 1.807) is 42.2 Å². The van der Waals surface area contributed by atoms with E-state index in [4.69, 9.17) is 13.9 Å². The highest BCUT2D eigenvalue weighted by atomic mass is 32.2. The van der Waals surface area contributed by atoms with Gasteiger partial charge in [-0.2, -0.15) is 4.98 Å². The lowest BCUT2D eigenvalue weighted by atomic mass is 9.97. The van der Waals surface area contributed by atoms with Crippen LogP contribution in [0.1, 0.15) is 29.9 Å². The number of hydrogen-bond donors (Lipinski definition) is 1. The summed E-state index contributed by atoms with van der Waals surface area (Å²) in [6.45, 7) is 0.365. The van der Waals surface area contributed by atoms with Gasteiger partial charge in [0.1, 0.15) is 22.3 Å². The number of benzene rings is 1. The first kappa shape index (κ1) is 22.0. The van der Waals surface area contributed by atoms with Gasteiger partial charge in [-0.25, -0.2) is 4.79 Å². The van der Waals surface area contributed by atoms with Gasteiger partial charge in [-0.3, -0.25) is 9.36 Å². The maximum Gasteiger partial charge on any atom is 0.349 e. The maximum absolute atomic E-state index is 12.8. The molecule has 4 rings (SSSR count). The number of thioether (sulfide) groups is 1. The van der Waals surface area contributed by atoms with Crippen LogP contribution in [0, 0.1) is 0 Å². The van der Waals surface area contributed by atoms with Gasteiger partial charge in [0.15, 0.2) is 0 Å². The van der Waals surface area contributed by atoms with E-state index in [2.05, 4.69) is 10.3 Å². The van der Waals surface area contributed by atoms with Gasteiger partial charge in [-0.15, -0.1) is 0 Å². The monoisotopic (exact) mass is 455 g/mol. The summed E-state index contributed by atoms with van der Waals surface area (Å²) in [4.78, 5) is 29.7. The Kier molecular flexibility index (Phi) is 6.84. The molecule has 2 aromatic heterocycles. The van der Waals surface area contributed by atoms with Crippen molar-refractivity contribution >= 4 is 23.4 Å². The fraction of sp³-hybridized carbons (Fsp3) is 0.348. The molecule has 0 atom stereocenters. The molecule has 1 N–H and O–H groups in total. The lowest BCUT2D eigenvalue weighted by Crippen LogP contribution is -2.30. The molecule has 9 heteroatoms. The van der Waals surface area contributed by atoms with E-state index in [1.165, 1.54) is 18.9 Å². The first-order chi connectivity index (χ1) is 15.6. The van der Waals surface area contributed by atoms with Crippen LogP contribution in [0.15, 0.2) is 50.8 Å². The molecular weight excluding hydrogens is 430 g/mol. The highest BCUT2D eigenvalue weighted by Crippen LogP contribution is 2.31. The molecule has 0 radical (unpaired) electrons. The van der Waals surface area contributed by atoms with Gasteiger partial charge in [-0.1, -0.05) is 11.8 Å². The molecular formula is C23H25N3O5S. The molecule has 168 valence electrons. The van der Waals surface area contributed by atoms with Crippen molar-refractivity contribution in [3.05, 3.63) is 64.1 Å². The molecule has 0 spiro atoms. The number of nitrogens with one attached hydrogen (secondary N) is 1. The summed E-state index contributed by atoms with van der Waals surface area (Å²) in [7, 11) is 3.10. The number of anilines is 1. The van der Waals surface area contributed by atoms with Crippen molar-refractivity contribution in [2.45, 2.75) is 37.3 Å². The Hall–Kier alpha value is -3.20. The van der Waals surface area contributed by atoms with Crippen molar-refractivity contribution < 1.29 is 18.7 Å². The number of furan rings is 1. The fourth-order valence-electron chi connectivity index (χ4n) is 3.81. The van der Waals surface area contributed by atoms with Crippen molar-refractivity contribution in [2.75, 3.05) is 25.3 Å². The van der Waals surface area contributed by atoms with Crippen molar-refractivity contribution in [3.8, 4) is 11.5 Å². The SMILES string of the molecule is COc1ccc(NC(=O)CSc2nc(=O)n(Cc3ccco3)c3c2CCCC3)c(OC)c1. The molecule has 32 heavy (non-hydrogen) atoms. The first-order valence-electron chi connectivity index (χ1n) is 10.4. The molecule has 0 bridgehead atoms. The van der Waals surface area contributed by atoms with E-state index >= 15 is 0 Å². The average Bonchev–Trinajstić information content (AvgIpc) is 3.33. The number of ether oxygens (including phenoxy) is 2. The van der Waals surface area contributed by atoms with E-state index in [1.807, 2.05) is 6.07 Å². The predicted molar refractivity (Wildman–Crippen MR) is 122 cm³/mol. The fourth-order valence-corrected chi connectivity index (χ4v) is 4.69. The summed E-state index contributed by atoms with van der Waals surface area (Å²) in [5.74, 6) is 1.80. The maximum atomic E-state index is 12.8. The van der Waals surface area contributed by atoms with Crippen LogP contribution in [0.4, 0.5) is 5.69 Å². The lowest BCUT2D eigenvalue weighted by Gasteiger charge is -2.22. The minimum Gasteiger partial charge on any atom is -0.497 e. The van der Waals surface area contributed by atoms with Crippen LogP contribution in [-0.2, 0) is 24.2 Å². The van der Waals surface area contributed by atoms with Crippen LogP contribution < -0.4 is 20.5 Å². The number of carbonyl (C=O) groups is 1. The Morgan fingerprint density at radius 3 is 2.81 bits per heavy atom.